The van der Waals surface area contributed by atoms with Crippen molar-refractivity contribution in [3.8, 4) is 6.07 Å². The number of nitrogen functional groups attached to an aromatic ring is 1. The van der Waals surface area contributed by atoms with Gasteiger partial charge in [0, 0.05) is 22.5 Å². The molecule has 1 heterocycles. The normalized spacial score (nSPS) is 17.7. The highest BCUT2D eigenvalue weighted by molar-refractivity contribution is 7.99. The molecule has 5 nitrogen and oxygen atoms in total. The maximum absolute atomic E-state index is 9.02. The van der Waals surface area contributed by atoms with Gasteiger partial charge in [-0.1, -0.05) is 0 Å². The molecule has 2 fully saturated rings. The zero-order chi connectivity index (χ0) is 14.4. The molecule has 6 heteroatoms. The second-order valence-electron chi connectivity index (χ2n) is 5.68. The number of anilines is 1. The lowest BCUT2D eigenvalue weighted by Crippen LogP contribution is -2.02. The number of hydrogen-bond donors (Lipinski definition) is 1. The molecule has 106 valence electrons. The Morgan fingerprint density at radius 1 is 1.24 bits per heavy atom. The van der Waals surface area contributed by atoms with Gasteiger partial charge in [-0.3, -0.25) is 0 Å². The van der Waals surface area contributed by atoms with Gasteiger partial charge in [-0.15, -0.1) is 10.2 Å². The van der Waals surface area contributed by atoms with E-state index in [-0.39, 0.29) is 0 Å². The van der Waals surface area contributed by atoms with Crippen LogP contribution in [0.25, 0.3) is 0 Å². The average molecular weight is 297 g/mol. The van der Waals surface area contributed by atoms with Crippen molar-refractivity contribution in [1.29, 1.82) is 5.26 Å². The van der Waals surface area contributed by atoms with Crippen LogP contribution in [0.1, 0.15) is 49.0 Å². The summed E-state index contributed by atoms with van der Waals surface area (Å²) in [6.45, 7) is 0. The van der Waals surface area contributed by atoms with E-state index in [1.807, 2.05) is 6.07 Å². The number of benzene rings is 1. The Morgan fingerprint density at radius 3 is 2.71 bits per heavy atom. The molecule has 1 aromatic carbocycles. The summed E-state index contributed by atoms with van der Waals surface area (Å²) in [4.78, 5) is 0.880. The molecule has 0 radical (unpaired) electrons. The van der Waals surface area contributed by atoms with Gasteiger partial charge in [0.25, 0.3) is 0 Å². The minimum atomic E-state index is 0.554. The highest BCUT2D eigenvalue weighted by atomic mass is 32.2. The number of nitrogens with zero attached hydrogens (tertiary/aromatic N) is 4. The molecule has 0 atom stereocenters. The zero-order valence-corrected chi connectivity index (χ0v) is 12.3. The van der Waals surface area contributed by atoms with Crippen LogP contribution in [0, 0.1) is 11.3 Å². The maximum Gasteiger partial charge on any atom is 0.196 e. The van der Waals surface area contributed by atoms with Crippen molar-refractivity contribution in [2.75, 3.05) is 5.73 Å². The van der Waals surface area contributed by atoms with Gasteiger partial charge in [0.15, 0.2) is 5.16 Å². The fraction of sp³-hybridized carbons (Fsp3) is 0.400. The third-order valence-corrected chi connectivity index (χ3v) is 4.92. The monoisotopic (exact) mass is 297 g/mol. The van der Waals surface area contributed by atoms with Crippen molar-refractivity contribution < 1.29 is 0 Å². The van der Waals surface area contributed by atoms with Crippen LogP contribution >= 0.6 is 11.8 Å². The molecule has 2 N–H and O–H groups in total. The zero-order valence-electron chi connectivity index (χ0n) is 11.5. The molecule has 2 aliphatic rings. The van der Waals surface area contributed by atoms with Gasteiger partial charge < -0.3 is 10.3 Å². The molecule has 21 heavy (non-hydrogen) atoms. The van der Waals surface area contributed by atoms with Crippen LogP contribution in [-0.2, 0) is 0 Å². The van der Waals surface area contributed by atoms with Gasteiger partial charge in [0.2, 0.25) is 0 Å². The standard InChI is InChI=1S/C15H15N5S/c16-8-9-1-6-12(17)13(7-9)21-15-19-18-14(10-2-3-10)20(15)11-4-5-11/h1,6-7,10-11H,2-5,17H2. The average Bonchev–Trinajstić information content (AvgIpc) is 3.40. The van der Waals surface area contributed by atoms with Crippen LogP contribution in [0.15, 0.2) is 28.3 Å². The van der Waals surface area contributed by atoms with E-state index < -0.39 is 0 Å². The third kappa shape index (κ3) is 2.38. The molecule has 0 aliphatic heterocycles. The van der Waals surface area contributed by atoms with Crippen molar-refractivity contribution in [2.45, 2.75) is 47.7 Å². The van der Waals surface area contributed by atoms with Gasteiger partial charge >= 0.3 is 0 Å². The summed E-state index contributed by atoms with van der Waals surface area (Å²) >= 11 is 1.52. The molecule has 4 rings (SSSR count). The lowest BCUT2D eigenvalue weighted by atomic mass is 10.2. The van der Waals surface area contributed by atoms with Gasteiger partial charge in [-0.05, 0) is 55.6 Å². The van der Waals surface area contributed by atoms with E-state index in [4.69, 9.17) is 11.0 Å². The number of aromatic nitrogens is 3. The Balaban J connectivity index is 1.70. The molecule has 2 aliphatic carbocycles. The van der Waals surface area contributed by atoms with Crippen molar-refractivity contribution in [3.63, 3.8) is 0 Å². The summed E-state index contributed by atoms with van der Waals surface area (Å²) in [6.07, 6.45) is 4.86. The molecule has 1 aromatic heterocycles. The minimum Gasteiger partial charge on any atom is -0.398 e. The summed E-state index contributed by atoms with van der Waals surface area (Å²) in [5.74, 6) is 1.73. The van der Waals surface area contributed by atoms with Gasteiger partial charge in [0.1, 0.15) is 5.82 Å². The van der Waals surface area contributed by atoms with Crippen LogP contribution in [0.3, 0.4) is 0 Å². The first-order valence-electron chi connectivity index (χ1n) is 7.18. The first-order chi connectivity index (χ1) is 10.3. The van der Waals surface area contributed by atoms with Crippen molar-refractivity contribution >= 4 is 17.4 Å². The number of nitrogens with two attached hydrogens (primary N) is 1. The highest BCUT2D eigenvalue weighted by Crippen LogP contribution is 2.47. The van der Waals surface area contributed by atoms with E-state index in [1.54, 1.807) is 12.1 Å². The second-order valence-corrected chi connectivity index (χ2v) is 6.69. The second kappa shape index (κ2) is 4.78. The Morgan fingerprint density at radius 2 is 2.05 bits per heavy atom. The van der Waals surface area contributed by atoms with E-state index in [0.717, 1.165) is 15.9 Å². The van der Waals surface area contributed by atoms with E-state index in [2.05, 4.69) is 20.8 Å². The van der Waals surface area contributed by atoms with Crippen molar-refractivity contribution in [3.05, 3.63) is 29.6 Å². The Labute approximate surface area is 127 Å². The molecule has 0 unspecified atom stereocenters. The third-order valence-electron chi connectivity index (χ3n) is 3.89. The van der Waals surface area contributed by atoms with Crippen LogP contribution in [0.5, 0.6) is 0 Å². The van der Waals surface area contributed by atoms with Crippen molar-refractivity contribution in [2.24, 2.45) is 0 Å². The molecule has 2 aromatic rings. The van der Waals surface area contributed by atoms with Crippen LogP contribution in [-0.4, -0.2) is 14.8 Å². The number of nitriles is 1. The Kier molecular flexibility index (Phi) is 2.89. The Bertz CT molecular complexity index is 737. The smallest absolute Gasteiger partial charge is 0.196 e. The lowest BCUT2D eigenvalue weighted by molar-refractivity contribution is 0.627. The molecule has 2 saturated carbocycles. The molecule has 0 saturated heterocycles. The van der Waals surface area contributed by atoms with Gasteiger partial charge in [-0.25, -0.2) is 0 Å². The lowest BCUT2D eigenvalue weighted by Gasteiger charge is -2.09. The first kappa shape index (κ1) is 12.7. The fourth-order valence-electron chi connectivity index (χ4n) is 2.44. The molecular formula is C15H15N5S. The van der Waals surface area contributed by atoms with Crippen LogP contribution < -0.4 is 5.73 Å². The van der Waals surface area contributed by atoms with Crippen LogP contribution in [0.2, 0.25) is 0 Å². The van der Waals surface area contributed by atoms with E-state index in [1.165, 1.54) is 37.4 Å². The fourth-order valence-corrected chi connectivity index (χ4v) is 3.44. The summed E-state index contributed by atoms with van der Waals surface area (Å²) in [5.41, 5.74) is 7.32. The number of rotatable bonds is 4. The van der Waals surface area contributed by atoms with E-state index in [0.29, 0.717) is 23.2 Å². The van der Waals surface area contributed by atoms with Gasteiger partial charge in [0.05, 0.1) is 11.6 Å². The van der Waals surface area contributed by atoms with Crippen molar-refractivity contribution in [1.82, 2.24) is 14.8 Å². The summed E-state index contributed by atoms with van der Waals surface area (Å²) in [6, 6.07) is 8.04. The van der Waals surface area contributed by atoms with Crippen LogP contribution in [0.4, 0.5) is 5.69 Å². The highest BCUT2D eigenvalue weighted by Gasteiger charge is 2.36. The molecule has 0 bridgehead atoms. The Hall–Kier alpha value is -2.00. The SMILES string of the molecule is N#Cc1ccc(N)c(Sc2nnc(C3CC3)n2C2CC2)c1. The predicted molar refractivity (Wildman–Crippen MR) is 80.0 cm³/mol. The minimum absolute atomic E-state index is 0.554. The quantitative estimate of drug-likeness (QED) is 0.877. The molecule has 0 spiro atoms. The summed E-state index contributed by atoms with van der Waals surface area (Å²) < 4.78 is 2.29. The van der Waals surface area contributed by atoms with E-state index in [9.17, 15) is 0 Å². The molecular weight excluding hydrogens is 282 g/mol. The largest absolute Gasteiger partial charge is 0.398 e. The van der Waals surface area contributed by atoms with E-state index >= 15 is 0 Å². The predicted octanol–water partition coefficient (Wildman–Crippen LogP) is 3.10. The summed E-state index contributed by atoms with van der Waals surface area (Å²) in [5, 5.41) is 18.7. The summed E-state index contributed by atoms with van der Waals surface area (Å²) in [7, 11) is 0. The maximum atomic E-state index is 9.02. The molecule has 0 amide bonds. The first-order valence-corrected chi connectivity index (χ1v) is 8.00. The number of hydrogen-bond acceptors (Lipinski definition) is 5. The topological polar surface area (TPSA) is 80.5 Å². The van der Waals surface area contributed by atoms with Gasteiger partial charge in [-0.2, -0.15) is 5.26 Å².